The number of ketones is 1. The Morgan fingerprint density at radius 2 is 1.85 bits per heavy atom. The normalized spacial score (nSPS) is 16.8. The van der Waals surface area contributed by atoms with E-state index in [2.05, 4.69) is 10.6 Å². The summed E-state index contributed by atoms with van der Waals surface area (Å²) in [6.45, 7) is 1.75. The van der Waals surface area contributed by atoms with Gasteiger partial charge in [0.1, 0.15) is 5.70 Å². The summed E-state index contributed by atoms with van der Waals surface area (Å²) in [5.74, 6) is -1.47. The molecule has 0 aliphatic heterocycles. The highest BCUT2D eigenvalue weighted by Gasteiger charge is 2.40. The van der Waals surface area contributed by atoms with Crippen LogP contribution in [0.5, 0.6) is 5.75 Å². The van der Waals surface area contributed by atoms with E-state index in [9.17, 15) is 33.0 Å². The maximum absolute atomic E-state index is 13.1. The van der Waals surface area contributed by atoms with Crippen LogP contribution >= 0.6 is 0 Å². The summed E-state index contributed by atoms with van der Waals surface area (Å²) >= 11 is 0. The largest absolute Gasteiger partial charge is 0.505 e. The Labute approximate surface area is 188 Å². The Bertz CT molecular complexity index is 1110. The first-order chi connectivity index (χ1) is 15.5. The number of hydrogen-bond donors (Lipinski definition) is 4. The van der Waals surface area contributed by atoms with Crippen LogP contribution in [-0.4, -0.2) is 47.0 Å². The van der Waals surface area contributed by atoms with Gasteiger partial charge in [0.05, 0.1) is 28.6 Å². The van der Waals surface area contributed by atoms with Crippen molar-refractivity contribution in [1.82, 2.24) is 10.2 Å². The number of halogens is 3. The summed E-state index contributed by atoms with van der Waals surface area (Å²) in [6, 6.07) is 8.59. The van der Waals surface area contributed by atoms with E-state index in [0.29, 0.717) is 12.0 Å². The monoisotopic (exact) mass is 463 g/mol. The predicted octanol–water partition coefficient (Wildman–Crippen LogP) is 3.42. The van der Waals surface area contributed by atoms with Crippen molar-refractivity contribution >= 4 is 17.4 Å². The zero-order valence-corrected chi connectivity index (χ0v) is 18.2. The molecule has 0 heterocycles. The topological polar surface area (TPSA) is 102 Å². The number of para-hydroxylation sites is 1. The second-order valence-electron chi connectivity index (χ2n) is 7.81. The Kier molecular flexibility index (Phi) is 6.68. The number of aliphatic hydroxyl groups is 1. The number of Topliss-reactive ketones (excluding diaryl/α,β-unsaturated/α-hetero) is 1. The van der Waals surface area contributed by atoms with Gasteiger partial charge in [-0.2, -0.15) is 13.2 Å². The van der Waals surface area contributed by atoms with Crippen LogP contribution in [0.1, 0.15) is 40.9 Å². The number of nitrogens with zero attached hydrogens (tertiary/aromatic N) is 1. The molecule has 2 unspecified atom stereocenters. The first-order valence-electron chi connectivity index (χ1n) is 10.2. The van der Waals surface area contributed by atoms with Crippen molar-refractivity contribution in [3.63, 3.8) is 0 Å². The van der Waals surface area contributed by atoms with Gasteiger partial charge in [0.25, 0.3) is 5.91 Å². The molecule has 0 aromatic heterocycles. The summed E-state index contributed by atoms with van der Waals surface area (Å²) in [4.78, 5) is 25.8. The molecule has 4 N–H and O–H groups in total. The summed E-state index contributed by atoms with van der Waals surface area (Å²) in [6.07, 6.45) is -5.61. The van der Waals surface area contributed by atoms with Crippen molar-refractivity contribution < 1.29 is 33.0 Å². The molecule has 0 fully saturated rings. The molecule has 0 saturated heterocycles. The van der Waals surface area contributed by atoms with Crippen LogP contribution in [0.4, 0.5) is 18.9 Å². The first-order valence-corrected chi connectivity index (χ1v) is 10.2. The predicted molar refractivity (Wildman–Crippen MR) is 115 cm³/mol. The van der Waals surface area contributed by atoms with E-state index in [1.54, 1.807) is 6.92 Å². The fraction of sp³-hybridized carbons (Fsp3) is 0.304. The van der Waals surface area contributed by atoms with E-state index in [-0.39, 0.29) is 28.4 Å². The standard InChI is InChI=1S/C23H24F3N3O4/c1-4-15(12-7-5-8-13(11-12)23(24,25)26)27-17-18(21(32)20(17)31)28-16-10-6-9-14(19(16)30)22(33)29(2)3/h5-11,15,20,27-28,30-31H,4H2,1-3H3. The number of benzene rings is 2. The van der Waals surface area contributed by atoms with Crippen molar-refractivity contribution in [2.45, 2.75) is 31.7 Å². The number of anilines is 1. The van der Waals surface area contributed by atoms with E-state index >= 15 is 0 Å². The van der Waals surface area contributed by atoms with Gasteiger partial charge in [0.2, 0.25) is 5.78 Å². The average Bonchev–Trinajstić information content (AvgIpc) is 2.78. The van der Waals surface area contributed by atoms with Gasteiger partial charge < -0.3 is 25.7 Å². The lowest BCUT2D eigenvalue weighted by atomic mass is 9.92. The van der Waals surface area contributed by atoms with Gasteiger partial charge in [-0.15, -0.1) is 0 Å². The molecule has 0 bridgehead atoms. The van der Waals surface area contributed by atoms with E-state index in [1.807, 2.05) is 0 Å². The number of carbonyl (C=O) groups is 2. The molecule has 1 aliphatic carbocycles. The molecule has 2 aromatic rings. The molecule has 10 heteroatoms. The molecule has 1 aliphatic rings. The maximum Gasteiger partial charge on any atom is 0.416 e. The van der Waals surface area contributed by atoms with Crippen LogP contribution in [0.2, 0.25) is 0 Å². The number of amides is 1. The number of hydrogen-bond acceptors (Lipinski definition) is 6. The lowest BCUT2D eigenvalue weighted by Gasteiger charge is -2.33. The zero-order valence-electron chi connectivity index (χ0n) is 18.2. The number of phenols is 1. The maximum atomic E-state index is 13.1. The fourth-order valence-electron chi connectivity index (χ4n) is 3.47. The molecule has 1 amide bonds. The number of alkyl halides is 3. The molecule has 0 saturated carbocycles. The van der Waals surface area contributed by atoms with Crippen molar-refractivity contribution in [1.29, 1.82) is 0 Å². The first kappa shape index (κ1) is 24.1. The number of aliphatic hydroxyl groups excluding tert-OH is 1. The Morgan fingerprint density at radius 3 is 2.45 bits per heavy atom. The lowest BCUT2D eigenvalue weighted by molar-refractivity contribution is -0.137. The molecular formula is C23H24F3N3O4. The minimum Gasteiger partial charge on any atom is -0.505 e. The molecule has 0 spiro atoms. The minimum atomic E-state index is -4.50. The number of nitrogens with one attached hydrogen (secondary N) is 2. The van der Waals surface area contributed by atoms with E-state index in [4.69, 9.17) is 0 Å². The van der Waals surface area contributed by atoms with Crippen LogP contribution in [-0.2, 0) is 11.0 Å². The lowest BCUT2D eigenvalue weighted by Crippen LogP contribution is -2.46. The van der Waals surface area contributed by atoms with Crippen LogP contribution in [0.3, 0.4) is 0 Å². The summed E-state index contributed by atoms with van der Waals surface area (Å²) < 4.78 is 39.3. The second kappa shape index (κ2) is 9.14. The summed E-state index contributed by atoms with van der Waals surface area (Å²) in [5, 5.41) is 26.3. The highest BCUT2D eigenvalue weighted by atomic mass is 19.4. The summed E-state index contributed by atoms with van der Waals surface area (Å²) in [7, 11) is 3.05. The smallest absolute Gasteiger partial charge is 0.416 e. The van der Waals surface area contributed by atoms with Crippen LogP contribution < -0.4 is 10.6 Å². The molecule has 2 aromatic carbocycles. The molecule has 2 atom stereocenters. The SMILES string of the molecule is CCC(NC1=C(Nc2cccc(C(=O)N(C)C)c2O)C(=O)C1O)c1cccc(C(F)(F)F)c1. The van der Waals surface area contributed by atoms with Gasteiger partial charge in [-0.25, -0.2) is 0 Å². The Balaban J connectivity index is 1.91. The molecule has 0 radical (unpaired) electrons. The highest BCUT2D eigenvalue weighted by Crippen LogP contribution is 2.35. The number of aromatic hydroxyl groups is 1. The second-order valence-corrected chi connectivity index (χ2v) is 7.81. The van der Waals surface area contributed by atoms with Crippen LogP contribution in [0, 0.1) is 0 Å². The van der Waals surface area contributed by atoms with Crippen molar-refractivity contribution in [2.75, 3.05) is 19.4 Å². The number of rotatable bonds is 7. The third kappa shape index (κ3) is 4.80. The van der Waals surface area contributed by atoms with Gasteiger partial charge in [-0.3, -0.25) is 9.59 Å². The third-order valence-corrected chi connectivity index (χ3v) is 5.32. The van der Waals surface area contributed by atoms with Crippen LogP contribution in [0.25, 0.3) is 0 Å². The third-order valence-electron chi connectivity index (χ3n) is 5.32. The van der Waals surface area contributed by atoms with Crippen LogP contribution in [0.15, 0.2) is 53.9 Å². The van der Waals surface area contributed by atoms with E-state index in [0.717, 1.165) is 12.1 Å². The number of phenolic OH excluding ortho intramolecular Hbond substituents is 1. The van der Waals surface area contributed by atoms with Gasteiger partial charge in [-0.1, -0.05) is 25.1 Å². The molecular weight excluding hydrogens is 439 g/mol. The van der Waals surface area contributed by atoms with Crippen molar-refractivity contribution in [3.8, 4) is 5.75 Å². The molecule has 176 valence electrons. The van der Waals surface area contributed by atoms with Crippen molar-refractivity contribution in [3.05, 3.63) is 70.5 Å². The van der Waals surface area contributed by atoms with E-state index in [1.165, 1.54) is 49.3 Å². The summed E-state index contributed by atoms with van der Waals surface area (Å²) in [5.41, 5.74) is -0.324. The molecule has 33 heavy (non-hydrogen) atoms. The van der Waals surface area contributed by atoms with Gasteiger partial charge in [0.15, 0.2) is 11.9 Å². The average molecular weight is 463 g/mol. The zero-order chi connectivity index (χ0) is 24.5. The molecule has 7 nitrogen and oxygen atoms in total. The minimum absolute atomic E-state index is 0.0165. The molecule has 3 rings (SSSR count). The quantitative estimate of drug-likeness (QED) is 0.470. The Morgan fingerprint density at radius 1 is 1.18 bits per heavy atom. The van der Waals surface area contributed by atoms with Gasteiger partial charge in [-0.05, 0) is 36.2 Å². The van der Waals surface area contributed by atoms with Gasteiger partial charge >= 0.3 is 6.18 Å². The van der Waals surface area contributed by atoms with Gasteiger partial charge in [0, 0.05) is 14.1 Å². The number of carbonyl (C=O) groups excluding carboxylic acids is 2. The Hall–Kier alpha value is -3.53. The van der Waals surface area contributed by atoms with Crippen molar-refractivity contribution in [2.24, 2.45) is 0 Å². The fourth-order valence-corrected chi connectivity index (χ4v) is 3.47. The highest BCUT2D eigenvalue weighted by molar-refractivity contribution is 6.11. The van der Waals surface area contributed by atoms with E-state index < -0.39 is 35.6 Å².